The van der Waals surface area contributed by atoms with E-state index in [1.807, 2.05) is 0 Å². The number of amides is 3. The molecule has 0 saturated carbocycles. The molecule has 0 aliphatic carbocycles. The quantitative estimate of drug-likeness (QED) is 0.544. The molecule has 3 amide bonds. The Kier molecular flexibility index (Phi) is 7.46. The monoisotopic (exact) mass is 451 g/mol. The second-order valence-corrected chi connectivity index (χ2v) is 7.45. The number of nitrogens with zero attached hydrogens (tertiary/aromatic N) is 1. The first-order chi connectivity index (χ1) is 15.3. The molecule has 3 aromatic rings. The second-order valence-electron chi connectivity index (χ2n) is 7.04. The summed E-state index contributed by atoms with van der Waals surface area (Å²) in [5, 5.41) is 3.11. The van der Waals surface area contributed by atoms with Gasteiger partial charge in [0.05, 0.1) is 22.8 Å². The fraction of sp³-hybridized carbons (Fsp3) is 0.125. The van der Waals surface area contributed by atoms with Crippen molar-refractivity contribution in [3.05, 3.63) is 94.5 Å². The summed E-state index contributed by atoms with van der Waals surface area (Å²) < 4.78 is 5.72. The number of anilines is 1. The Morgan fingerprint density at radius 2 is 1.72 bits per heavy atom. The topological polar surface area (TPSA) is 102 Å². The molecule has 3 aromatic carbocycles. The highest BCUT2D eigenvalue weighted by molar-refractivity contribution is 6.33. The fourth-order valence-electron chi connectivity index (χ4n) is 3.01. The molecular formula is C24H22ClN3O4. The van der Waals surface area contributed by atoms with Crippen LogP contribution in [0.25, 0.3) is 0 Å². The molecule has 0 atom stereocenters. The Labute approximate surface area is 190 Å². The Morgan fingerprint density at radius 1 is 1.00 bits per heavy atom. The van der Waals surface area contributed by atoms with E-state index < -0.39 is 5.91 Å². The first-order valence-corrected chi connectivity index (χ1v) is 10.1. The summed E-state index contributed by atoms with van der Waals surface area (Å²) in [6.07, 6.45) is 0. The maximum absolute atomic E-state index is 12.8. The fourth-order valence-corrected chi connectivity index (χ4v) is 3.19. The zero-order chi connectivity index (χ0) is 23.1. The molecule has 0 aromatic heterocycles. The van der Waals surface area contributed by atoms with Gasteiger partial charge in [-0.2, -0.15) is 0 Å². The van der Waals surface area contributed by atoms with Crippen molar-refractivity contribution in [3.8, 4) is 5.75 Å². The first-order valence-electron chi connectivity index (χ1n) is 9.75. The standard InChI is InChI=1S/C24H22ClN3O4/c1-28(14-22(29)27-20-11-4-3-10-19(20)25)24(31)17-8-6-7-16(13-17)15-32-21-12-5-2-9-18(21)23(26)30/h2-13H,14-15H2,1H3,(H2,26,30)(H,27,29). The average Bonchev–Trinajstić information content (AvgIpc) is 2.79. The van der Waals surface area contributed by atoms with Gasteiger partial charge in [-0.25, -0.2) is 0 Å². The molecule has 3 rings (SSSR count). The van der Waals surface area contributed by atoms with Gasteiger partial charge in [-0.3, -0.25) is 14.4 Å². The minimum absolute atomic E-state index is 0.141. The summed E-state index contributed by atoms with van der Waals surface area (Å²) in [5.41, 5.74) is 7.26. The highest BCUT2D eigenvalue weighted by atomic mass is 35.5. The summed E-state index contributed by atoms with van der Waals surface area (Å²) in [7, 11) is 1.54. The molecule has 0 fully saturated rings. The van der Waals surface area contributed by atoms with Crippen LogP contribution in [0.5, 0.6) is 5.75 Å². The Bertz CT molecular complexity index is 1150. The minimum atomic E-state index is -0.582. The maximum Gasteiger partial charge on any atom is 0.254 e. The van der Waals surface area contributed by atoms with Crippen molar-refractivity contribution in [1.29, 1.82) is 0 Å². The van der Waals surface area contributed by atoms with Crippen LogP contribution in [0.3, 0.4) is 0 Å². The van der Waals surface area contributed by atoms with Crippen molar-refractivity contribution in [3.63, 3.8) is 0 Å². The summed E-state index contributed by atoms with van der Waals surface area (Å²) in [6, 6.07) is 20.4. The number of nitrogens with two attached hydrogens (primary N) is 1. The van der Waals surface area contributed by atoms with Crippen LogP contribution in [-0.2, 0) is 11.4 Å². The summed E-state index contributed by atoms with van der Waals surface area (Å²) in [5.74, 6) is -0.901. The molecule has 164 valence electrons. The number of primary amides is 1. The van der Waals surface area contributed by atoms with E-state index in [-0.39, 0.29) is 30.5 Å². The lowest BCUT2D eigenvalue weighted by Gasteiger charge is -2.18. The predicted octanol–water partition coefficient (Wildman–Crippen LogP) is 3.73. The van der Waals surface area contributed by atoms with Gasteiger partial charge in [0.15, 0.2) is 0 Å². The molecule has 0 bridgehead atoms. The second kappa shape index (κ2) is 10.5. The average molecular weight is 452 g/mol. The Balaban J connectivity index is 1.62. The SMILES string of the molecule is CN(CC(=O)Nc1ccccc1Cl)C(=O)c1cccc(COc2ccccc2C(N)=O)c1. The van der Waals surface area contributed by atoms with E-state index >= 15 is 0 Å². The number of hydrogen-bond donors (Lipinski definition) is 2. The van der Waals surface area contributed by atoms with E-state index in [1.165, 1.54) is 4.90 Å². The molecule has 32 heavy (non-hydrogen) atoms. The molecule has 0 heterocycles. The van der Waals surface area contributed by atoms with Crippen LogP contribution in [0.1, 0.15) is 26.3 Å². The molecule has 0 spiro atoms. The van der Waals surface area contributed by atoms with Crippen molar-refractivity contribution < 1.29 is 19.1 Å². The van der Waals surface area contributed by atoms with E-state index in [1.54, 1.807) is 79.8 Å². The van der Waals surface area contributed by atoms with Crippen molar-refractivity contribution >= 4 is 35.0 Å². The molecule has 7 nitrogen and oxygen atoms in total. The van der Waals surface area contributed by atoms with Crippen LogP contribution < -0.4 is 15.8 Å². The Hall–Kier alpha value is -3.84. The van der Waals surface area contributed by atoms with Gasteiger partial charge in [0, 0.05) is 12.6 Å². The summed E-state index contributed by atoms with van der Waals surface area (Å²) in [4.78, 5) is 37.9. The molecule has 3 N–H and O–H groups in total. The zero-order valence-electron chi connectivity index (χ0n) is 17.4. The molecule has 0 unspecified atom stereocenters. The van der Waals surface area contributed by atoms with Gasteiger partial charge in [0.2, 0.25) is 5.91 Å². The van der Waals surface area contributed by atoms with E-state index in [2.05, 4.69) is 5.32 Å². The van der Waals surface area contributed by atoms with E-state index in [0.29, 0.717) is 22.0 Å². The minimum Gasteiger partial charge on any atom is -0.488 e. The molecule has 0 radical (unpaired) electrons. The van der Waals surface area contributed by atoms with Crippen LogP contribution in [0.2, 0.25) is 5.02 Å². The third-order valence-electron chi connectivity index (χ3n) is 4.60. The van der Waals surface area contributed by atoms with Crippen molar-refractivity contribution in [2.24, 2.45) is 5.73 Å². The number of halogens is 1. The van der Waals surface area contributed by atoms with Crippen molar-refractivity contribution in [2.75, 3.05) is 18.9 Å². The van der Waals surface area contributed by atoms with E-state index in [0.717, 1.165) is 5.56 Å². The molecular weight excluding hydrogens is 430 g/mol. The maximum atomic E-state index is 12.8. The summed E-state index contributed by atoms with van der Waals surface area (Å²) >= 11 is 6.05. The number of ether oxygens (including phenoxy) is 1. The van der Waals surface area contributed by atoms with Crippen molar-refractivity contribution in [1.82, 2.24) is 4.90 Å². The molecule has 0 saturated heterocycles. The molecule has 0 aliphatic heterocycles. The van der Waals surface area contributed by atoms with Crippen LogP contribution in [0, 0.1) is 0 Å². The number of rotatable bonds is 8. The largest absolute Gasteiger partial charge is 0.488 e. The van der Waals surface area contributed by atoms with Crippen LogP contribution in [0.15, 0.2) is 72.8 Å². The summed E-state index contributed by atoms with van der Waals surface area (Å²) in [6.45, 7) is -0.00110. The van der Waals surface area contributed by atoms with Gasteiger partial charge < -0.3 is 20.7 Å². The normalized spacial score (nSPS) is 10.3. The van der Waals surface area contributed by atoms with Gasteiger partial charge in [-0.15, -0.1) is 0 Å². The number of likely N-dealkylation sites (N-methyl/N-ethyl adjacent to an activating group) is 1. The van der Waals surface area contributed by atoms with Gasteiger partial charge >= 0.3 is 0 Å². The lowest BCUT2D eigenvalue weighted by molar-refractivity contribution is -0.116. The lowest BCUT2D eigenvalue weighted by atomic mass is 10.1. The zero-order valence-corrected chi connectivity index (χ0v) is 18.1. The molecule has 8 heteroatoms. The van der Waals surface area contributed by atoms with Crippen LogP contribution in [0.4, 0.5) is 5.69 Å². The van der Waals surface area contributed by atoms with E-state index in [4.69, 9.17) is 22.1 Å². The third-order valence-corrected chi connectivity index (χ3v) is 4.93. The number of para-hydroxylation sites is 2. The highest BCUT2D eigenvalue weighted by Crippen LogP contribution is 2.21. The number of carbonyl (C=O) groups is 3. The van der Waals surface area contributed by atoms with Gasteiger partial charge in [0.25, 0.3) is 11.8 Å². The Morgan fingerprint density at radius 3 is 2.47 bits per heavy atom. The third kappa shape index (κ3) is 5.86. The van der Waals surface area contributed by atoms with Gasteiger partial charge in [0.1, 0.15) is 12.4 Å². The van der Waals surface area contributed by atoms with Crippen LogP contribution >= 0.6 is 11.6 Å². The van der Waals surface area contributed by atoms with Crippen LogP contribution in [-0.4, -0.2) is 36.2 Å². The smallest absolute Gasteiger partial charge is 0.254 e. The van der Waals surface area contributed by atoms with Crippen molar-refractivity contribution in [2.45, 2.75) is 6.61 Å². The van der Waals surface area contributed by atoms with Gasteiger partial charge in [-0.05, 0) is 42.0 Å². The number of benzene rings is 3. The predicted molar refractivity (Wildman–Crippen MR) is 123 cm³/mol. The molecule has 0 aliphatic rings. The van der Waals surface area contributed by atoms with Gasteiger partial charge in [-0.1, -0.05) is 48.0 Å². The first kappa shape index (κ1) is 22.8. The highest BCUT2D eigenvalue weighted by Gasteiger charge is 2.16. The van der Waals surface area contributed by atoms with E-state index in [9.17, 15) is 14.4 Å². The number of nitrogens with one attached hydrogen (secondary N) is 1. The number of carbonyl (C=O) groups excluding carboxylic acids is 3. The lowest BCUT2D eigenvalue weighted by Crippen LogP contribution is -2.35. The number of hydrogen-bond acceptors (Lipinski definition) is 4.